The van der Waals surface area contributed by atoms with Crippen LogP contribution in [0.25, 0.3) is 0 Å². The molecular weight excluding hydrogens is 220 g/mol. The van der Waals surface area contributed by atoms with Crippen LogP contribution < -0.4 is 0 Å². The van der Waals surface area contributed by atoms with Crippen LogP contribution in [0.5, 0.6) is 0 Å². The van der Waals surface area contributed by atoms with Gasteiger partial charge in [0.25, 0.3) is 0 Å². The average molecular weight is 256 g/mol. The number of hydrogen-bond donors (Lipinski definition) is 0. The maximum Gasteiger partial charge on any atom is 0.0706 e. The molecule has 0 rings (SSSR count). The van der Waals surface area contributed by atoms with Crippen LogP contribution in [-0.2, 0) is 4.74 Å². The van der Waals surface area contributed by atoms with Crippen molar-refractivity contribution < 1.29 is 4.74 Å². The molecule has 0 aromatic rings. The summed E-state index contributed by atoms with van der Waals surface area (Å²) in [6.45, 7) is 9.20. The van der Waals surface area contributed by atoms with Gasteiger partial charge in [-0.25, -0.2) is 0 Å². The van der Waals surface area contributed by atoms with Crippen molar-refractivity contribution >= 4 is 0 Å². The molecule has 1 unspecified atom stereocenters. The predicted molar refractivity (Wildman–Crippen MR) is 82.1 cm³/mol. The second-order valence-electron chi connectivity index (χ2n) is 5.72. The van der Waals surface area contributed by atoms with Crippen molar-refractivity contribution in [2.45, 2.75) is 97.5 Å². The Bertz CT molecular complexity index is 168. The summed E-state index contributed by atoms with van der Waals surface area (Å²) in [5.74, 6) is 0.751. The fraction of sp³-hybridized carbons (Fsp3) is 1.00. The van der Waals surface area contributed by atoms with Gasteiger partial charge < -0.3 is 4.74 Å². The Labute approximate surface area is 116 Å². The molecule has 0 aromatic carbocycles. The van der Waals surface area contributed by atoms with Crippen LogP contribution in [0.2, 0.25) is 0 Å². The van der Waals surface area contributed by atoms with E-state index in [1.165, 1.54) is 64.2 Å². The summed E-state index contributed by atoms with van der Waals surface area (Å²) in [6, 6.07) is 0. The summed E-state index contributed by atoms with van der Waals surface area (Å²) in [5.41, 5.74) is 0.163. The fourth-order valence-corrected chi connectivity index (χ4v) is 3.15. The van der Waals surface area contributed by atoms with Gasteiger partial charge in [0.05, 0.1) is 5.60 Å². The molecule has 0 heterocycles. The van der Waals surface area contributed by atoms with E-state index in [2.05, 4.69) is 27.7 Å². The third-order valence-electron chi connectivity index (χ3n) is 4.46. The van der Waals surface area contributed by atoms with E-state index in [1.54, 1.807) is 0 Å². The molecule has 0 aromatic heterocycles. The van der Waals surface area contributed by atoms with Gasteiger partial charge in [-0.2, -0.15) is 0 Å². The average Bonchev–Trinajstić information content (AvgIpc) is 2.41. The van der Waals surface area contributed by atoms with Crippen molar-refractivity contribution in [1.29, 1.82) is 0 Å². The van der Waals surface area contributed by atoms with Crippen LogP contribution in [0.4, 0.5) is 0 Å². The molecule has 1 nitrogen and oxygen atoms in total. The molecule has 0 bridgehead atoms. The summed E-state index contributed by atoms with van der Waals surface area (Å²) in [4.78, 5) is 0. The molecule has 0 fully saturated rings. The minimum Gasteiger partial charge on any atom is -0.378 e. The lowest BCUT2D eigenvalue weighted by molar-refractivity contribution is -0.0783. The second-order valence-corrected chi connectivity index (χ2v) is 5.72. The van der Waals surface area contributed by atoms with Crippen LogP contribution in [-0.4, -0.2) is 12.7 Å². The standard InChI is InChI=1S/C17H36O/c1-6-10-13-16(9-4)17(18-5,14-11-7-2)15-12-8-3/h16H,6-15H2,1-5H3. The van der Waals surface area contributed by atoms with Gasteiger partial charge in [-0.1, -0.05) is 72.6 Å². The van der Waals surface area contributed by atoms with Crippen LogP contribution in [0, 0.1) is 5.92 Å². The van der Waals surface area contributed by atoms with Crippen molar-refractivity contribution in [3.8, 4) is 0 Å². The van der Waals surface area contributed by atoms with Crippen molar-refractivity contribution in [1.82, 2.24) is 0 Å². The number of ether oxygens (including phenoxy) is 1. The van der Waals surface area contributed by atoms with E-state index in [-0.39, 0.29) is 5.60 Å². The quantitative estimate of drug-likeness (QED) is 0.418. The molecule has 18 heavy (non-hydrogen) atoms. The van der Waals surface area contributed by atoms with Crippen molar-refractivity contribution in [2.75, 3.05) is 7.11 Å². The highest BCUT2D eigenvalue weighted by Gasteiger charge is 2.36. The Morgan fingerprint density at radius 1 is 0.833 bits per heavy atom. The Kier molecular flexibility index (Phi) is 10.8. The highest BCUT2D eigenvalue weighted by Crippen LogP contribution is 2.37. The number of methoxy groups -OCH3 is 1. The molecule has 1 atom stereocenters. The molecule has 0 amide bonds. The molecular formula is C17H36O. The van der Waals surface area contributed by atoms with Crippen LogP contribution in [0.15, 0.2) is 0 Å². The van der Waals surface area contributed by atoms with Crippen LogP contribution in [0.1, 0.15) is 91.9 Å². The molecule has 110 valence electrons. The van der Waals surface area contributed by atoms with Crippen molar-refractivity contribution in [2.24, 2.45) is 5.92 Å². The fourth-order valence-electron chi connectivity index (χ4n) is 3.15. The maximum atomic E-state index is 6.09. The molecule has 1 heteroatoms. The summed E-state index contributed by atoms with van der Waals surface area (Å²) in [7, 11) is 1.94. The topological polar surface area (TPSA) is 9.23 Å². The first-order chi connectivity index (χ1) is 8.70. The minimum atomic E-state index is 0.163. The second kappa shape index (κ2) is 10.8. The molecule has 0 aliphatic carbocycles. The van der Waals surface area contributed by atoms with Gasteiger partial charge in [-0.05, 0) is 25.2 Å². The van der Waals surface area contributed by atoms with E-state index in [1.807, 2.05) is 7.11 Å². The normalized spacial score (nSPS) is 13.8. The predicted octanol–water partition coefficient (Wildman–Crippen LogP) is 5.97. The van der Waals surface area contributed by atoms with Gasteiger partial charge in [0, 0.05) is 7.11 Å². The van der Waals surface area contributed by atoms with E-state index in [4.69, 9.17) is 4.74 Å². The van der Waals surface area contributed by atoms with Gasteiger partial charge in [-0.3, -0.25) is 0 Å². The Hall–Kier alpha value is -0.0400. The smallest absolute Gasteiger partial charge is 0.0706 e. The van der Waals surface area contributed by atoms with Crippen LogP contribution in [0.3, 0.4) is 0 Å². The first kappa shape index (κ1) is 18.0. The van der Waals surface area contributed by atoms with E-state index < -0.39 is 0 Å². The molecule has 0 aliphatic rings. The highest BCUT2D eigenvalue weighted by atomic mass is 16.5. The van der Waals surface area contributed by atoms with Crippen molar-refractivity contribution in [3.63, 3.8) is 0 Å². The van der Waals surface area contributed by atoms with Crippen molar-refractivity contribution in [3.05, 3.63) is 0 Å². The SMILES string of the molecule is CCCCC(CC)C(CCCC)(CCCC)OC. The molecule has 0 radical (unpaired) electrons. The van der Waals surface area contributed by atoms with Gasteiger partial charge in [0.15, 0.2) is 0 Å². The monoisotopic (exact) mass is 256 g/mol. The lowest BCUT2D eigenvalue weighted by Gasteiger charge is -2.40. The van der Waals surface area contributed by atoms with E-state index in [0.717, 1.165) is 5.92 Å². The third-order valence-corrected chi connectivity index (χ3v) is 4.46. The van der Waals surface area contributed by atoms with Gasteiger partial charge in [-0.15, -0.1) is 0 Å². The Morgan fingerprint density at radius 3 is 1.67 bits per heavy atom. The third kappa shape index (κ3) is 5.73. The molecule has 0 spiro atoms. The summed E-state index contributed by atoms with van der Waals surface area (Å²) >= 11 is 0. The van der Waals surface area contributed by atoms with Crippen LogP contribution >= 0.6 is 0 Å². The number of hydrogen-bond acceptors (Lipinski definition) is 1. The number of rotatable bonds is 12. The minimum absolute atomic E-state index is 0.163. The van der Waals surface area contributed by atoms with E-state index in [9.17, 15) is 0 Å². The Balaban J connectivity index is 4.72. The maximum absolute atomic E-state index is 6.09. The molecule has 0 saturated carbocycles. The summed E-state index contributed by atoms with van der Waals surface area (Å²) in [5, 5.41) is 0. The van der Waals surface area contributed by atoms with Gasteiger partial charge in [0.1, 0.15) is 0 Å². The van der Waals surface area contributed by atoms with E-state index >= 15 is 0 Å². The highest BCUT2D eigenvalue weighted by molar-refractivity contribution is 4.87. The lowest BCUT2D eigenvalue weighted by atomic mass is 9.75. The van der Waals surface area contributed by atoms with Gasteiger partial charge >= 0.3 is 0 Å². The first-order valence-corrected chi connectivity index (χ1v) is 8.25. The first-order valence-electron chi connectivity index (χ1n) is 8.25. The largest absolute Gasteiger partial charge is 0.378 e. The summed E-state index contributed by atoms with van der Waals surface area (Å²) < 4.78 is 6.09. The van der Waals surface area contributed by atoms with Gasteiger partial charge in [0.2, 0.25) is 0 Å². The van der Waals surface area contributed by atoms with E-state index in [0.29, 0.717) is 0 Å². The zero-order valence-corrected chi connectivity index (χ0v) is 13.6. The lowest BCUT2D eigenvalue weighted by Crippen LogP contribution is -2.40. The number of unbranched alkanes of at least 4 members (excludes halogenated alkanes) is 3. The zero-order chi connectivity index (χ0) is 13.9. The zero-order valence-electron chi connectivity index (χ0n) is 13.6. The Morgan fingerprint density at radius 2 is 1.33 bits per heavy atom. The molecule has 0 saturated heterocycles. The molecule has 0 N–H and O–H groups in total. The summed E-state index contributed by atoms with van der Waals surface area (Å²) in [6.07, 6.45) is 12.9. The molecule has 0 aliphatic heterocycles.